The van der Waals surface area contributed by atoms with Crippen molar-refractivity contribution in [2.75, 3.05) is 19.0 Å². The summed E-state index contributed by atoms with van der Waals surface area (Å²) in [5.41, 5.74) is 0.873. The quantitative estimate of drug-likeness (QED) is 0.874. The highest BCUT2D eigenvalue weighted by molar-refractivity contribution is 5.43. The topological polar surface area (TPSA) is 56.3 Å². The lowest BCUT2D eigenvalue weighted by atomic mass is 10.3. The van der Waals surface area contributed by atoms with Crippen molar-refractivity contribution in [3.05, 3.63) is 36.0 Å². The van der Waals surface area contributed by atoms with Gasteiger partial charge < -0.3 is 14.8 Å². The largest absolute Gasteiger partial charge is 0.493 e. The lowest BCUT2D eigenvalue weighted by Crippen LogP contribution is -2.05. The number of nitrogens with one attached hydrogen (secondary N) is 1. The molecule has 0 fully saturated rings. The second-order valence-electron chi connectivity index (χ2n) is 4.36. The van der Waals surface area contributed by atoms with Gasteiger partial charge in [0, 0.05) is 18.3 Å². The van der Waals surface area contributed by atoms with E-state index in [0.717, 1.165) is 18.5 Å². The van der Waals surface area contributed by atoms with E-state index in [1.165, 1.54) is 0 Å². The Morgan fingerprint density at radius 2 is 1.95 bits per heavy atom. The van der Waals surface area contributed by atoms with Crippen LogP contribution in [0.5, 0.6) is 17.4 Å². The van der Waals surface area contributed by atoms with E-state index in [0.29, 0.717) is 23.3 Å². The molecule has 0 amide bonds. The summed E-state index contributed by atoms with van der Waals surface area (Å²) in [6.45, 7) is 4.83. The van der Waals surface area contributed by atoms with Gasteiger partial charge in [-0.15, -0.1) is 0 Å². The van der Waals surface area contributed by atoms with Gasteiger partial charge in [-0.3, -0.25) is 0 Å². The van der Waals surface area contributed by atoms with Crippen LogP contribution in [0.3, 0.4) is 0 Å². The summed E-state index contributed by atoms with van der Waals surface area (Å²) in [4.78, 5) is 8.61. The summed E-state index contributed by atoms with van der Waals surface area (Å²) in [5.74, 6) is 2.41. The molecule has 2 rings (SSSR count). The van der Waals surface area contributed by atoms with Crippen LogP contribution in [-0.4, -0.2) is 23.6 Å². The average Bonchev–Trinajstić information content (AvgIpc) is 2.48. The lowest BCUT2D eigenvalue weighted by molar-refractivity contribution is 0.373. The van der Waals surface area contributed by atoms with Crippen molar-refractivity contribution in [3.8, 4) is 17.4 Å². The molecule has 0 saturated carbocycles. The van der Waals surface area contributed by atoms with Crippen molar-refractivity contribution in [1.29, 1.82) is 0 Å². The number of para-hydroxylation sites is 2. The van der Waals surface area contributed by atoms with Gasteiger partial charge in [-0.05, 0) is 25.5 Å². The Hall–Kier alpha value is -2.30. The molecule has 1 aromatic heterocycles. The summed E-state index contributed by atoms with van der Waals surface area (Å²) in [5, 5.41) is 3.14. The Balaban J connectivity index is 2.23. The minimum Gasteiger partial charge on any atom is -0.493 e. The van der Waals surface area contributed by atoms with Gasteiger partial charge in [0.2, 0.25) is 11.8 Å². The van der Waals surface area contributed by atoms with Crippen LogP contribution in [0.1, 0.15) is 18.9 Å². The van der Waals surface area contributed by atoms with Crippen molar-refractivity contribution >= 4 is 5.95 Å². The highest BCUT2D eigenvalue weighted by Gasteiger charge is 2.09. The van der Waals surface area contributed by atoms with Crippen LogP contribution in [0.25, 0.3) is 0 Å². The number of benzene rings is 1. The fraction of sp³-hybridized carbons (Fsp3) is 0.333. The summed E-state index contributed by atoms with van der Waals surface area (Å²) < 4.78 is 11.1. The first-order valence-corrected chi connectivity index (χ1v) is 6.63. The van der Waals surface area contributed by atoms with E-state index in [9.17, 15) is 0 Å². The molecule has 20 heavy (non-hydrogen) atoms. The molecule has 0 unspecified atom stereocenters. The molecule has 2 aromatic rings. The molecule has 0 radical (unpaired) electrons. The predicted molar refractivity (Wildman–Crippen MR) is 78.6 cm³/mol. The molecule has 106 valence electrons. The molecular formula is C15H19N3O2. The summed E-state index contributed by atoms with van der Waals surface area (Å²) >= 11 is 0. The van der Waals surface area contributed by atoms with Crippen molar-refractivity contribution in [3.63, 3.8) is 0 Å². The fourth-order valence-corrected chi connectivity index (χ4v) is 1.66. The SMILES string of the molecule is CCCNc1ncc(C)c(Oc2ccccc2OC)n1. The number of hydrogen-bond donors (Lipinski definition) is 1. The third-order valence-corrected chi connectivity index (χ3v) is 2.73. The van der Waals surface area contributed by atoms with Gasteiger partial charge in [0.05, 0.1) is 7.11 Å². The Kier molecular flexibility index (Phi) is 4.76. The zero-order valence-corrected chi connectivity index (χ0v) is 12.0. The zero-order chi connectivity index (χ0) is 14.4. The molecule has 0 aliphatic rings. The monoisotopic (exact) mass is 273 g/mol. The van der Waals surface area contributed by atoms with Crippen LogP contribution < -0.4 is 14.8 Å². The number of aromatic nitrogens is 2. The van der Waals surface area contributed by atoms with Crippen LogP contribution in [-0.2, 0) is 0 Å². The lowest BCUT2D eigenvalue weighted by Gasteiger charge is -2.12. The molecule has 5 nitrogen and oxygen atoms in total. The van der Waals surface area contributed by atoms with Gasteiger partial charge in [0.25, 0.3) is 0 Å². The average molecular weight is 273 g/mol. The van der Waals surface area contributed by atoms with Gasteiger partial charge in [-0.2, -0.15) is 4.98 Å². The number of methoxy groups -OCH3 is 1. The van der Waals surface area contributed by atoms with Gasteiger partial charge in [0.1, 0.15) is 0 Å². The minimum atomic E-state index is 0.531. The second-order valence-corrected chi connectivity index (χ2v) is 4.36. The van der Waals surface area contributed by atoms with Crippen LogP contribution in [0.4, 0.5) is 5.95 Å². The Morgan fingerprint density at radius 1 is 1.20 bits per heavy atom. The van der Waals surface area contributed by atoms with Crippen LogP contribution in [0, 0.1) is 6.92 Å². The summed E-state index contributed by atoms with van der Waals surface area (Å²) in [6, 6.07) is 7.49. The van der Waals surface area contributed by atoms with E-state index >= 15 is 0 Å². The van der Waals surface area contributed by atoms with Gasteiger partial charge in [-0.25, -0.2) is 4.98 Å². The van der Waals surface area contributed by atoms with E-state index in [2.05, 4.69) is 22.2 Å². The van der Waals surface area contributed by atoms with Crippen LogP contribution >= 0.6 is 0 Å². The molecule has 0 atom stereocenters. The highest BCUT2D eigenvalue weighted by Crippen LogP contribution is 2.31. The van der Waals surface area contributed by atoms with Crippen molar-refractivity contribution < 1.29 is 9.47 Å². The van der Waals surface area contributed by atoms with Gasteiger partial charge in [-0.1, -0.05) is 19.1 Å². The molecular weight excluding hydrogens is 254 g/mol. The zero-order valence-electron chi connectivity index (χ0n) is 12.0. The first-order chi connectivity index (χ1) is 9.74. The standard InChI is InChI=1S/C15H19N3O2/c1-4-9-16-15-17-10-11(2)14(18-15)20-13-8-6-5-7-12(13)19-3/h5-8,10H,4,9H2,1-3H3,(H,16,17,18). The molecule has 0 aliphatic carbocycles. The van der Waals surface area contributed by atoms with E-state index in [1.54, 1.807) is 13.3 Å². The van der Waals surface area contributed by atoms with E-state index in [-0.39, 0.29) is 0 Å². The maximum atomic E-state index is 5.84. The molecule has 1 N–H and O–H groups in total. The number of nitrogens with zero attached hydrogens (tertiary/aromatic N) is 2. The fourth-order valence-electron chi connectivity index (χ4n) is 1.66. The molecule has 1 heterocycles. The molecule has 0 spiro atoms. The predicted octanol–water partition coefficient (Wildman–Crippen LogP) is 3.41. The summed E-state index contributed by atoms with van der Waals surface area (Å²) in [7, 11) is 1.61. The molecule has 0 bridgehead atoms. The van der Waals surface area contributed by atoms with Crippen LogP contribution in [0.15, 0.2) is 30.5 Å². The number of hydrogen-bond acceptors (Lipinski definition) is 5. The maximum Gasteiger partial charge on any atom is 0.227 e. The third kappa shape index (κ3) is 3.38. The molecule has 5 heteroatoms. The van der Waals surface area contributed by atoms with Crippen molar-refractivity contribution in [1.82, 2.24) is 9.97 Å². The van der Waals surface area contributed by atoms with E-state index in [1.807, 2.05) is 31.2 Å². The van der Waals surface area contributed by atoms with Crippen molar-refractivity contribution in [2.45, 2.75) is 20.3 Å². The Labute approximate surface area is 119 Å². The second kappa shape index (κ2) is 6.75. The van der Waals surface area contributed by atoms with Crippen molar-refractivity contribution in [2.24, 2.45) is 0 Å². The molecule has 0 aliphatic heterocycles. The van der Waals surface area contributed by atoms with Crippen LogP contribution in [0.2, 0.25) is 0 Å². The first kappa shape index (κ1) is 14.1. The Morgan fingerprint density at radius 3 is 2.65 bits per heavy atom. The minimum absolute atomic E-state index is 0.531. The number of anilines is 1. The number of ether oxygens (including phenoxy) is 2. The first-order valence-electron chi connectivity index (χ1n) is 6.63. The third-order valence-electron chi connectivity index (χ3n) is 2.73. The van der Waals surface area contributed by atoms with Gasteiger partial charge >= 0.3 is 0 Å². The molecule has 0 saturated heterocycles. The number of rotatable bonds is 6. The molecule has 1 aromatic carbocycles. The maximum absolute atomic E-state index is 5.84. The Bertz CT molecular complexity index is 573. The summed E-state index contributed by atoms with van der Waals surface area (Å²) in [6.07, 6.45) is 2.76. The van der Waals surface area contributed by atoms with Gasteiger partial charge in [0.15, 0.2) is 11.5 Å². The smallest absolute Gasteiger partial charge is 0.227 e. The van der Waals surface area contributed by atoms with E-state index in [4.69, 9.17) is 9.47 Å². The van der Waals surface area contributed by atoms with E-state index < -0.39 is 0 Å². The number of aryl methyl sites for hydroxylation is 1. The normalized spacial score (nSPS) is 10.2. The highest BCUT2D eigenvalue weighted by atomic mass is 16.5.